The molecular formula is C21H28N2O3S. The van der Waals surface area contributed by atoms with E-state index in [0.717, 1.165) is 17.5 Å². The van der Waals surface area contributed by atoms with Gasteiger partial charge in [0.05, 0.1) is 12.2 Å². The van der Waals surface area contributed by atoms with Crippen molar-refractivity contribution in [2.75, 3.05) is 7.05 Å². The molecule has 0 aliphatic heterocycles. The van der Waals surface area contributed by atoms with Crippen molar-refractivity contribution >= 4 is 15.9 Å². The minimum atomic E-state index is -3.27. The third kappa shape index (κ3) is 7.53. The fraction of sp³-hybridized carbons (Fsp3) is 0.381. The third-order valence-electron chi connectivity index (χ3n) is 4.39. The van der Waals surface area contributed by atoms with Crippen molar-refractivity contribution in [3.63, 3.8) is 0 Å². The first-order valence-electron chi connectivity index (χ1n) is 9.25. The second-order valence-electron chi connectivity index (χ2n) is 6.65. The molecule has 0 radical (unpaired) electrons. The Morgan fingerprint density at radius 3 is 2.04 bits per heavy atom. The highest BCUT2D eigenvalue weighted by Gasteiger charge is 2.08. The van der Waals surface area contributed by atoms with Gasteiger partial charge in [-0.15, -0.1) is 0 Å². The number of carbonyl (C=O) groups is 1. The Hall–Kier alpha value is -2.18. The molecule has 2 rings (SSSR count). The van der Waals surface area contributed by atoms with Crippen LogP contribution in [0.2, 0.25) is 0 Å². The number of nitrogens with one attached hydrogen (secondary N) is 2. The lowest BCUT2D eigenvalue weighted by Gasteiger charge is -2.08. The highest BCUT2D eigenvalue weighted by atomic mass is 32.2. The molecule has 0 atom stereocenters. The van der Waals surface area contributed by atoms with Gasteiger partial charge in [-0.3, -0.25) is 4.79 Å². The number of aryl methyl sites for hydroxylation is 1. The maximum absolute atomic E-state index is 12.1. The minimum absolute atomic E-state index is 0.0295. The fourth-order valence-corrected chi connectivity index (χ4v) is 3.47. The molecule has 0 aliphatic carbocycles. The molecule has 0 spiro atoms. The second kappa shape index (κ2) is 10.2. The topological polar surface area (TPSA) is 75.3 Å². The summed E-state index contributed by atoms with van der Waals surface area (Å²) >= 11 is 0. The predicted molar refractivity (Wildman–Crippen MR) is 109 cm³/mol. The van der Waals surface area contributed by atoms with Crippen LogP contribution in [0, 0.1) is 0 Å². The summed E-state index contributed by atoms with van der Waals surface area (Å²) < 4.78 is 25.4. The van der Waals surface area contributed by atoms with Crippen molar-refractivity contribution < 1.29 is 13.2 Å². The van der Waals surface area contributed by atoms with Crippen LogP contribution in [0.25, 0.3) is 0 Å². The van der Waals surface area contributed by atoms with Gasteiger partial charge in [0.1, 0.15) is 0 Å². The van der Waals surface area contributed by atoms with Crippen molar-refractivity contribution in [1.29, 1.82) is 0 Å². The summed E-state index contributed by atoms with van der Waals surface area (Å²) in [6, 6.07) is 15.4. The van der Waals surface area contributed by atoms with Crippen LogP contribution >= 0.6 is 0 Å². The number of sulfonamides is 1. The van der Waals surface area contributed by atoms with E-state index in [-0.39, 0.29) is 11.7 Å². The van der Waals surface area contributed by atoms with Crippen LogP contribution in [0.5, 0.6) is 0 Å². The van der Waals surface area contributed by atoms with Gasteiger partial charge in [0.2, 0.25) is 15.9 Å². The van der Waals surface area contributed by atoms with E-state index in [9.17, 15) is 13.2 Å². The number of hydrogen-bond donors (Lipinski definition) is 2. The monoisotopic (exact) mass is 388 g/mol. The Kier molecular flexibility index (Phi) is 8.00. The zero-order valence-electron chi connectivity index (χ0n) is 16.0. The molecule has 1 amide bonds. The predicted octanol–water partition coefficient (Wildman–Crippen LogP) is 2.94. The Bertz CT molecular complexity index is 829. The molecule has 27 heavy (non-hydrogen) atoms. The first-order chi connectivity index (χ1) is 12.9. The van der Waals surface area contributed by atoms with Crippen LogP contribution in [0.1, 0.15) is 42.0 Å². The highest BCUT2D eigenvalue weighted by Crippen LogP contribution is 2.10. The van der Waals surface area contributed by atoms with Gasteiger partial charge < -0.3 is 5.32 Å². The van der Waals surface area contributed by atoms with Crippen LogP contribution in [0.4, 0.5) is 0 Å². The molecule has 0 fully saturated rings. The van der Waals surface area contributed by atoms with E-state index in [1.54, 1.807) is 12.1 Å². The smallest absolute Gasteiger partial charge is 0.224 e. The first-order valence-corrected chi connectivity index (χ1v) is 10.9. The van der Waals surface area contributed by atoms with Crippen molar-refractivity contribution in [2.45, 2.75) is 44.9 Å². The number of hydrogen-bond acceptors (Lipinski definition) is 3. The number of carbonyl (C=O) groups excluding carboxylic acids is 1. The molecule has 2 N–H and O–H groups in total. The summed E-state index contributed by atoms with van der Waals surface area (Å²) in [6.07, 6.45) is 3.79. The zero-order chi connectivity index (χ0) is 19.7. The van der Waals surface area contributed by atoms with E-state index >= 15 is 0 Å². The standard InChI is InChI=1S/C21H28N2O3S/c1-3-4-5-17-6-8-18(9-7-17)14-21(24)23-15-19-10-12-20(13-11-19)16-27(25,26)22-2/h6-13,22H,3-5,14-16H2,1-2H3,(H,23,24). The molecule has 0 saturated carbocycles. The largest absolute Gasteiger partial charge is 0.352 e. The van der Waals surface area contributed by atoms with Gasteiger partial charge in [-0.05, 0) is 42.1 Å². The zero-order valence-corrected chi connectivity index (χ0v) is 16.8. The summed E-state index contributed by atoms with van der Waals surface area (Å²) in [6.45, 7) is 2.60. The summed E-state index contributed by atoms with van der Waals surface area (Å²) in [5.74, 6) is -0.0807. The van der Waals surface area contributed by atoms with Crippen LogP contribution in [-0.2, 0) is 40.0 Å². The quantitative estimate of drug-likeness (QED) is 0.657. The summed E-state index contributed by atoms with van der Waals surface area (Å²) in [5, 5.41) is 2.91. The van der Waals surface area contributed by atoms with E-state index < -0.39 is 10.0 Å². The van der Waals surface area contributed by atoms with Gasteiger partial charge in [-0.1, -0.05) is 61.9 Å². The third-order valence-corrected chi connectivity index (χ3v) is 5.72. The van der Waals surface area contributed by atoms with Crippen molar-refractivity contribution in [3.05, 3.63) is 70.8 Å². The SMILES string of the molecule is CCCCc1ccc(CC(=O)NCc2ccc(CS(=O)(=O)NC)cc2)cc1. The molecule has 0 heterocycles. The molecule has 0 unspecified atom stereocenters. The normalized spacial score (nSPS) is 11.3. The van der Waals surface area contributed by atoms with Gasteiger partial charge in [-0.25, -0.2) is 13.1 Å². The Balaban J connectivity index is 1.81. The van der Waals surface area contributed by atoms with Gasteiger partial charge in [0.15, 0.2) is 0 Å². The second-order valence-corrected chi connectivity index (χ2v) is 8.58. The van der Waals surface area contributed by atoms with E-state index in [0.29, 0.717) is 18.5 Å². The number of unbranched alkanes of at least 4 members (excludes halogenated alkanes) is 1. The maximum atomic E-state index is 12.1. The molecule has 0 bridgehead atoms. The lowest BCUT2D eigenvalue weighted by molar-refractivity contribution is -0.120. The Labute approximate surface area is 162 Å². The lowest BCUT2D eigenvalue weighted by atomic mass is 10.0. The minimum Gasteiger partial charge on any atom is -0.352 e. The number of amides is 1. The van der Waals surface area contributed by atoms with E-state index in [1.165, 1.54) is 25.5 Å². The molecule has 0 aliphatic rings. The molecule has 0 saturated heterocycles. The summed E-state index contributed by atoms with van der Waals surface area (Å²) in [4.78, 5) is 12.1. The highest BCUT2D eigenvalue weighted by molar-refractivity contribution is 7.88. The molecule has 2 aromatic carbocycles. The lowest BCUT2D eigenvalue weighted by Crippen LogP contribution is -2.24. The Morgan fingerprint density at radius 1 is 0.889 bits per heavy atom. The molecule has 146 valence electrons. The van der Waals surface area contributed by atoms with Crippen molar-refractivity contribution in [1.82, 2.24) is 10.0 Å². The molecule has 2 aromatic rings. The average Bonchev–Trinajstić information content (AvgIpc) is 2.67. The number of rotatable bonds is 10. The van der Waals surface area contributed by atoms with E-state index in [1.807, 2.05) is 24.3 Å². The maximum Gasteiger partial charge on any atom is 0.224 e. The average molecular weight is 389 g/mol. The van der Waals surface area contributed by atoms with E-state index in [2.05, 4.69) is 29.1 Å². The Morgan fingerprint density at radius 2 is 1.44 bits per heavy atom. The van der Waals surface area contributed by atoms with E-state index in [4.69, 9.17) is 0 Å². The molecule has 6 heteroatoms. The van der Waals surface area contributed by atoms with Crippen LogP contribution in [0.3, 0.4) is 0 Å². The van der Waals surface area contributed by atoms with Crippen molar-refractivity contribution in [2.24, 2.45) is 0 Å². The van der Waals surface area contributed by atoms with Crippen LogP contribution in [-0.4, -0.2) is 21.4 Å². The summed E-state index contributed by atoms with van der Waals surface area (Å²) in [7, 11) is -1.87. The van der Waals surface area contributed by atoms with Gasteiger partial charge in [0, 0.05) is 6.54 Å². The van der Waals surface area contributed by atoms with Crippen LogP contribution < -0.4 is 10.0 Å². The number of benzene rings is 2. The van der Waals surface area contributed by atoms with Crippen LogP contribution in [0.15, 0.2) is 48.5 Å². The fourth-order valence-electron chi connectivity index (χ4n) is 2.70. The first kappa shape index (κ1) is 21.1. The summed E-state index contributed by atoms with van der Waals surface area (Å²) in [5.41, 5.74) is 3.95. The van der Waals surface area contributed by atoms with Crippen molar-refractivity contribution in [3.8, 4) is 0 Å². The van der Waals surface area contributed by atoms with Gasteiger partial charge >= 0.3 is 0 Å². The van der Waals surface area contributed by atoms with Gasteiger partial charge in [-0.2, -0.15) is 0 Å². The molecule has 5 nitrogen and oxygen atoms in total. The molecular weight excluding hydrogens is 360 g/mol. The van der Waals surface area contributed by atoms with Gasteiger partial charge in [0.25, 0.3) is 0 Å². The molecule has 0 aromatic heterocycles.